The lowest BCUT2D eigenvalue weighted by Crippen LogP contribution is -2.58. The van der Waals surface area contributed by atoms with Crippen LogP contribution in [0.4, 0.5) is 0 Å². The molecule has 1 fully saturated rings. The Bertz CT molecular complexity index is 705. The summed E-state index contributed by atoms with van der Waals surface area (Å²) in [6.45, 7) is 0.725. The Hall–Kier alpha value is -1.51. The number of nitrogens with zero attached hydrogens (tertiary/aromatic N) is 2. The van der Waals surface area contributed by atoms with E-state index in [0.29, 0.717) is 12.8 Å². The Labute approximate surface area is 154 Å². The van der Waals surface area contributed by atoms with E-state index in [-0.39, 0.29) is 30.2 Å². The summed E-state index contributed by atoms with van der Waals surface area (Å²) in [7, 11) is 0. The Morgan fingerprint density at radius 3 is 2.72 bits per heavy atom. The number of carboxylic acids is 1. The zero-order chi connectivity index (χ0) is 18.0. The van der Waals surface area contributed by atoms with Gasteiger partial charge in [0.05, 0.1) is 17.7 Å². The van der Waals surface area contributed by atoms with Crippen molar-refractivity contribution >= 4 is 35.4 Å². The van der Waals surface area contributed by atoms with Crippen molar-refractivity contribution in [2.24, 2.45) is 5.92 Å². The Kier molecular flexibility index (Phi) is 5.71. The molecule has 2 atom stereocenters. The molecule has 1 unspecified atom stereocenters. The molecule has 0 radical (unpaired) electrons. The SMILES string of the molecule is CSc1cc[n+](CCSC2=C(C(=O)O)N3C(=O)[C@@H](CCO)C3C2)cc1. The van der Waals surface area contributed by atoms with Crippen LogP contribution in [0.2, 0.25) is 0 Å². The third-order valence-electron chi connectivity index (χ3n) is 4.62. The average Bonchev–Trinajstić information content (AvgIpc) is 2.96. The number of aliphatic hydroxyl groups is 1. The van der Waals surface area contributed by atoms with Crippen molar-refractivity contribution in [3.8, 4) is 0 Å². The van der Waals surface area contributed by atoms with Crippen LogP contribution in [0.1, 0.15) is 12.8 Å². The normalized spacial score (nSPS) is 22.2. The van der Waals surface area contributed by atoms with Crippen LogP contribution in [0.5, 0.6) is 0 Å². The number of hydrogen-bond donors (Lipinski definition) is 2. The van der Waals surface area contributed by atoms with E-state index in [2.05, 4.69) is 16.7 Å². The minimum atomic E-state index is -1.04. The summed E-state index contributed by atoms with van der Waals surface area (Å²) in [5.41, 5.74) is 0.136. The van der Waals surface area contributed by atoms with Crippen molar-refractivity contribution in [3.05, 3.63) is 35.1 Å². The molecule has 1 saturated heterocycles. The van der Waals surface area contributed by atoms with E-state index in [0.717, 1.165) is 17.2 Å². The van der Waals surface area contributed by atoms with E-state index in [1.165, 1.54) is 21.6 Å². The van der Waals surface area contributed by atoms with Gasteiger partial charge in [-0.15, -0.1) is 23.5 Å². The molecule has 0 saturated carbocycles. The first-order chi connectivity index (χ1) is 12.1. The molecule has 0 aliphatic carbocycles. The number of carbonyl (C=O) groups excluding carboxylic acids is 1. The fraction of sp³-hybridized carbons (Fsp3) is 0.471. The number of amides is 1. The van der Waals surface area contributed by atoms with Gasteiger partial charge in [-0.3, -0.25) is 4.79 Å². The lowest BCUT2D eigenvalue weighted by molar-refractivity contribution is -0.692. The first kappa shape index (κ1) is 18.3. The maximum atomic E-state index is 12.2. The lowest BCUT2D eigenvalue weighted by Gasteiger charge is -2.43. The molecule has 0 bridgehead atoms. The first-order valence-corrected chi connectivity index (χ1v) is 10.3. The zero-order valence-corrected chi connectivity index (χ0v) is 15.6. The Balaban J connectivity index is 1.63. The highest BCUT2D eigenvalue weighted by Gasteiger charge is 2.54. The van der Waals surface area contributed by atoms with Crippen LogP contribution >= 0.6 is 23.5 Å². The Morgan fingerprint density at radius 2 is 2.12 bits per heavy atom. The summed E-state index contributed by atoms with van der Waals surface area (Å²) in [6.07, 6.45) is 7.05. The first-order valence-electron chi connectivity index (χ1n) is 8.13. The van der Waals surface area contributed by atoms with E-state index in [1.54, 1.807) is 11.8 Å². The quantitative estimate of drug-likeness (QED) is 0.402. The monoisotopic (exact) mass is 381 g/mol. The topological polar surface area (TPSA) is 81.7 Å². The molecule has 6 nitrogen and oxygen atoms in total. The van der Waals surface area contributed by atoms with Gasteiger partial charge in [-0.1, -0.05) is 0 Å². The van der Waals surface area contributed by atoms with Crippen LogP contribution in [0, 0.1) is 5.92 Å². The summed E-state index contributed by atoms with van der Waals surface area (Å²) >= 11 is 3.20. The number of carbonyl (C=O) groups is 2. The number of fused-ring (bicyclic) bond motifs is 1. The molecule has 1 amide bonds. The number of aromatic nitrogens is 1. The van der Waals surface area contributed by atoms with E-state index < -0.39 is 5.97 Å². The van der Waals surface area contributed by atoms with Crippen LogP contribution in [0.15, 0.2) is 40.0 Å². The molecule has 0 spiro atoms. The third kappa shape index (κ3) is 3.56. The molecule has 1 aromatic heterocycles. The van der Waals surface area contributed by atoms with Crippen LogP contribution in [-0.2, 0) is 16.1 Å². The molecular weight excluding hydrogens is 360 g/mol. The predicted octanol–water partition coefficient (Wildman–Crippen LogP) is 1.34. The van der Waals surface area contributed by atoms with E-state index in [9.17, 15) is 14.7 Å². The third-order valence-corrected chi connectivity index (χ3v) is 6.45. The molecular formula is C17H21N2O4S2+. The van der Waals surface area contributed by atoms with Gasteiger partial charge in [0, 0.05) is 35.0 Å². The van der Waals surface area contributed by atoms with Gasteiger partial charge in [0.2, 0.25) is 5.91 Å². The number of aliphatic hydroxyl groups excluding tert-OH is 1. The van der Waals surface area contributed by atoms with Crippen LogP contribution in [0.25, 0.3) is 0 Å². The summed E-state index contributed by atoms with van der Waals surface area (Å²) in [5, 5.41) is 18.6. The molecule has 0 aromatic carbocycles. The summed E-state index contributed by atoms with van der Waals surface area (Å²) < 4.78 is 2.07. The highest BCUT2D eigenvalue weighted by atomic mass is 32.2. The van der Waals surface area contributed by atoms with Gasteiger partial charge in [-0.05, 0) is 12.7 Å². The second-order valence-electron chi connectivity index (χ2n) is 6.00. The van der Waals surface area contributed by atoms with Crippen molar-refractivity contribution in [1.29, 1.82) is 0 Å². The molecule has 3 rings (SSSR count). The Morgan fingerprint density at radius 1 is 1.40 bits per heavy atom. The number of hydrogen-bond acceptors (Lipinski definition) is 5. The summed E-state index contributed by atoms with van der Waals surface area (Å²) in [4.78, 5) is 27.1. The number of pyridine rings is 1. The highest BCUT2D eigenvalue weighted by Crippen LogP contribution is 2.46. The summed E-state index contributed by atoms with van der Waals surface area (Å²) in [6, 6.07) is 4.01. The second kappa shape index (κ2) is 7.80. The average molecular weight is 381 g/mol. The number of β-lactam (4-membered cyclic amide) rings is 1. The van der Waals surface area contributed by atoms with Crippen LogP contribution in [-0.4, -0.2) is 51.6 Å². The van der Waals surface area contributed by atoms with Crippen molar-refractivity contribution in [2.75, 3.05) is 18.6 Å². The van der Waals surface area contributed by atoms with Gasteiger partial charge < -0.3 is 15.1 Å². The minimum absolute atomic E-state index is 0.0473. The maximum absolute atomic E-state index is 12.2. The largest absolute Gasteiger partial charge is 0.477 e. The fourth-order valence-corrected chi connectivity index (χ4v) is 4.90. The molecule has 1 aromatic rings. The van der Waals surface area contributed by atoms with Crippen LogP contribution in [0.3, 0.4) is 0 Å². The maximum Gasteiger partial charge on any atom is 0.353 e. The number of aliphatic carboxylic acids is 1. The highest BCUT2D eigenvalue weighted by molar-refractivity contribution is 8.03. The van der Waals surface area contributed by atoms with Crippen LogP contribution < -0.4 is 4.57 Å². The van der Waals surface area contributed by atoms with Gasteiger partial charge in [0.25, 0.3) is 0 Å². The minimum Gasteiger partial charge on any atom is -0.477 e. The molecule has 8 heteroatoms. The molecule has 25 heavy (non-hydrogen) atoms. The van der Waals surface area contributed by atoms with Crippen molar-refractivity contribution in [3.63, 3.8) is 0 Å². The number of carboxylic acid groups (broad SMARTS) is 1. The molecule has 3 heterocycles. The molecule has 2 N–H and O–H groups in total. The van der Waals surface area contributed by atoms with Gasteiger partial charge in [0.15, 0.2) is 18.9 Å². The predicted molar refractivity (Wildman–Crippen MR) is 96.0 cm³/mol. The van der Waals surface area contributed by atoms with Crippen molar-refractivity contribution in [1.82, 2.24) is 4.90 Å². The van der Waals surface area contributed by atoms with E-state index >= 15 is 0 Å². The second-order valence-corrected chi connectivity index (χ2v) is 8.07. The fourth-order valence-electron chi connectivity index (χ4n) is 3.34. The summed E-state index contributed by atoms with van der Waals surface area (Å²) in [5.74, 6) is -0.716. The molecule has 2 aliphatic rings. The van der Waals surface area contributed by atoms with Gasteiger partial charge in [-0.2, -0.15) is 0 Å². The number of thioether (sulfide) groups is 2. The lowest BCUT2D eigenvalue weighted by atomic mass is 9.85. The number of rotatable bonds is 8. The van der Waals surface area contributed by atoms with Gasteiger partial charge >= 0.3 is 5.97 Å². The van der Waals surface area contributed by atoms with Gasteiger partial charge in [-0.25, -0.2) is 9.36 Å². The van der Waals surface area contributed by atoms with Gasteiger partial charge in [0.1, 0.15) is 5.70 Å². The van der Waals surface area contributed by atoms with E-state index in [4.69, 9.17) is 5.11 Å². The van der Waals surface area contributed by atoms with E-state index in [1.807, 2.05) is 18.6 Å². The smallest absolute Gasteiger partial charge is 0.353 e. The standard InChI is InChI=1S/C17H20N2O4S2/c1-24-11-2-5-18(6-3-11)7-9-25-14-10-13-12(4-8-20)16(21)19(13)15(14)17(22)23/h2-3,5-6,12-13,20H,4,7-10H2,1H3/p+1/t12-,13?/m0/s1. The van der Waals surface area contributed by atoms with Crippen molar-refractivity contribution in [2.45, 2.75) is 30.3 Å². The molecule has 2 aliphatic heterocycles. The molecule has 134 valence electrons. The van der Waals surface area contributed by atoms with Crippen molar-refractivity contribution < 1.29 is 24.4 Å². The zero-order valence-electron chi connectivity index (χ0n) is 13.9. The number of aryl methyl sites for hydroxylation is 1.